The summed E-state index contributed by atoms with van der Waals surface area (Å²) < 4.78 is 5.10. The number of hydrogen-bond donors (Lipinski definition) is 2. The lowest BCUT2D eigenvalue weighted by molar-refractivity contribution is 0.0996. The molecule has 1 atom stereocenters. The lowest BCUT2D eigenvalue weighted by atomic mass is 10.0. The van der Waals surface area contributed by atoms with Gasteiger partial charge in [0.15, 0.2) is 0 Å². The summed E-state index contributed by atoms with van der Waals surface area (Å²) in [5.41, 5.74) is 6.74. The van der Waals surface area contributed by atoms with Gasteiger partial charge in [0.1, 0.15) is 6.10 Å². The van der Waals surface area contributed by atoms with Crippen molar-refractivity contribution in [2.24, 2.45) is 5.73 Å². The highest BCUT2D eigenvalue weighted by molar-refractivity contribution is 5.65. The van der Waals surface area contributed by atoms with Gasteiger partial charge in [-0.05, 0) is 30.0 Å². The Balaban J connectivity index is 2.82. The number of benzene rings is 1. The Morgan fingerprint density at radius 1 is 1.53 bits per heavy atom. The van der Waals surface area contributed by atoms with E-state index < -0.39 is 6.09 Å². The van der Waals surface area contributed by atoms with Crippen LogP contribution in [0, 0.1) is 0 Å². The first kappa shape index (κ1) is 13.5. The van der Waals surface area contributed by atoms with Crippen molar-refractivity contribution in [3.63, 3.8) is 0 Å². The third kappa shape index (κ3) is 4.44. The molecule has 1 unspecified atom stereocenters. The number of aliphatic hydroxyl groups is 1. The molecule has 0 spiro atoms. The molecule has 0 aliphatic heterocycles. The van der Waals surface area contributed by atoms with Crippen LogP contribution < -0.4 is 5.73 Å². The molecule has 0 aliphatic carbocycles. The lowest BCUT2D eigenvalue weighted by Gasteiger charge is -2.17. The first-order valence-corrected chi connectivity index (χ1v) is 5.83. The highest BCUT2D eigenvalue weighted by Gasteiger charge is 2.14. The molecule has 0 bridgehead atoms. The van der Waals surface area contributed by atoms with Crippen LogP contribution in [0.5, 0.6) is 0 Å². The Bertz CT molecular complexity index is 365. The van der Waals surface area contributed by atoms with E-state index in [2.05, 4.69) is 6.92 Å². The number of carbonyl (C=O) groups is 1. The van der Waals surface area contributed by atoms with Crippen LogP contribution >= 0.6 is 0 Å². The standard InChI is InChI=1S/C13H19NO3/c1-2-3-7-12(17-13(14)16)11-6-4-5-10(8-11)9-15/h4-6,8,12,15H,2-3,7,9H2,1H3,(H2,14,16). The average Bonchev–Trinajstić information content (AvgIpc) is 2.34. The summed E-state index contributed by atoms with van der Waals surface area (Å²) >= 11 is 0. The van der Waals surface area contributed by atoms with Crippen LogP contribution in [0.4, 0.5) is 4.79 Å². The van der Waals surface area contributed by atoms with Gasteiger partial charge in [0.05, 0.1) is 6.61 Å². The van der Waals surface area contributed by atoms with Gasteiger partial charge >= 0.3 is 6.09 Å². The van der Waals surface area contributed by atoms with Crippen molar-refractivity contribution in [1.82, 2.24) is 0 Å². The molecule has 3 N–H and O–H groups in total. The Kier molecular flexibility index (Phi) is 5.49. The molecule has 0 radical (unpaired) electrons. The van der Waals surface area contributed by atoms with Gasteiger partial charge < -0.3 is 15.6 Å². The van der Waals surface area contributed by atoms with Crippen molar-refractivity contribution >= 4 is 6.09 Å². The molecule has 0 saturated carbocycles. The van der Waals surface area contributed by atoms with Crippen molar-refractivity contribution in [2.75, 3.05) is 0 Å². The minimum absolute atomic E-state index is 0.0229. The molecule has 0 heterocycles. The van der Waals surface area contributed by atoms with E-state index in [1.54, 1.807) is 0 Å². The summed E-state index contributed by atoms with van der Waals surface area (Å²) in [6.07, 6.45) is 1.65. The van der Waals surface area contributed by atoms with Crippen LogP contribution in [-0.2, 0) is 11.3 Å². The highest BCUT2D eigenvalue weighted by Crippen LogP contribution is 2.24. The van der Waals surface area contributed by atoms with Gasteiger partial charge in [-0.2, -0.15) is 0 Å². The normalized spacial score (nSPS) is 12.1. The predicted octanol–water partition coefficient (Wildman–Crippen LogP) is 2.51. The molecule has 0 aliphatic rings. The first-order valence-electron chi connectivity index (χ1n) is 5.83. The molecule has 17 heavy (non-hydrogen) atoms. The zero-order valence-corrected chi connectivity index (χ0v) is 10.1. The maximum Gasteiger partial charge on any atom is 0.405 e. The lowest BCUT2D eigenvalue weighted by Crippen LogP contribution is -2.17. The van der Waals surface area contributed by atoms with Crippen LogP contribution in [0.15, 0.2) is 24.3 Å². The van der Waals surface area contributed by atoms with E-state index in [-0.39, 0.29) is 12.7 Å². The van der Waals surface area contributed by atoms with Gasteiger partial charge in [-0.3, -0.25) is 0 Å². The monoisotopic (exact) mass is 237 g/mol. The van der Waals surface area contributed by atoms with Crippen molar-refractivity contribution < 1.29 is 14.6 Å². The highest BCUT2D eigenvalue weighted by atomic mass is 16.6. The van der Waals surface area contributed by atoms with Crippen LogP contribution in [0.2, 0.25) is 0 Å². The second-order valence-corrected chi connectivity index (χ2v) is 3.97. The minimum Gasteiger partial charge on any atom is -0.442 e. The van der Waals surface area contributed by atoms with Crippen LogP contribution in [0.3, 0.4) is 0 Å². The number of ether oxygens (including phenoxy) is 1. The maximum absolute atomic E-state index is 10.9. The fourth-order valence-corrected chi connectivity index (χ4v) is 1.72. The van der Waals surface area contributed by atoms with Crippen LogP contribution in [0.25, 0.3) is 0 Å². The number of aliphatic hydroxyl groups excluding tert-OH is 1. The van der Waals surface area contributed by atoms with Crippen LogP contribution in [0.1, 0.15) is 43.4 Å². The van der Waals surface area contributed by atoms with Crippen molar-refractivity contribution in [3.05, 3.63) is 35.4 Å². The van der Waals surface area contributed by atoms with Crippen LogP contribution in [-0.4, -0.2) is 11.2 Å². The fraction of sp³-hybridized carbons (Fsp3) is 0.462. The Morgan fingerprint density at radius 3 is 2.88 bits per heavy atom. The van der Waals surface area contributed by atoms with E-state index in [0.29, 0.717) is 0 Å². The van der Waals surface area contributed by atoms with E-state index >= 15 is 0 Å². The number of hydrogen-bond acceptors (Lipinski definition) is 3. The summed E-state index contributed by atoms with van der Waals surface area (Å²) in [6, 6.07) is 7.38. The zero-order chi connectivity index (χ0) is 12.7. The molecular formula is C13H19NO3. The number of rotatable bonds is 6. The summed E-state index contributed by atoms with van der Waals surface area (Å²) in [7, 11) is 0. The number of carbonyl (C=O) groups excluding carboxylic acids is 1. The largest absolute Gasteiger partial charge is 0.442 e. The number of nitrogens with two attached hydrogens (primary N) is 1. The van der Waals surface area contributed by atoms with Crippen molar-refractivity contribution in [1.29, 1.82) is 0 Å². The van der Waals surface area contributed by atoms with Gasteiger partial charge in [-0.25, -0.2) is 4.79 Å². The average molecular weight is 237 g/mol. The first-order chi connectivity index (χ1) is 8.17. The van der Waals surface area contributed by atoms with Crippen molar-refractivity contribution in [2.45, 2.75) is 38.9 Å². The molecule has 1 aromatic rings. The van der Waals surface area contributed by atoms with Gasteiger partial charge in [-0.15, -0.1) is 0 Å². The number of primary amides is 1. The second-order valence-electron chi connectivity index (χ2n) is 3.97. The van der Waals surface area contributed by atoms with E-state index in [1.165, 1.54) is 0 Å². The Hall–Kier alpha value is -1.55. The Labute approximate surface area is 101 Å². The maximum atomic E-state index is 10.9. The SMILES string of the molecule is CCCCC(OC(N)=O)c1cccc(CO)c1. The molecule has 4 nitrogen and oxygen atoms in total. The summed E-state index contributed by atoms with van der Waals surface area (Å²) in [5, 5.41) is 9.07. The molecular weight excluding hydrogens is 218 g/mol. The molecule has 0 saturated heterocycles. The van der Waals surface area contributed by atoms with Crippen molar-refractivity contribution in [3.8, 4) is 0 Å². The van der Waals surface area contributed by atoms with Gasteiger partial charge in [-0.1, -0.05) is 31.5 Å². The second kappa shape index (κ2) is 6.91. The fourth-order valence-electron chi connectivity index (χ4n) is 1.72. The summed E-state index contributed by atoms with van der Waals surface area (Å²) in [4.78, 5) is 10.9. The van der Waals surface area contributed by atoms with E-state index in [0.717, 1.165) is 30.4 Å². The molecule has 0 fully saturated rings. The molecule has 94 valence electrons. The molecule has 1 amide bonds. The van der Waals surface area contributed by atoms with Gasteiger partial charge in [0, 0.05) is 0 Å². The molecule has 4 heteroatoms. The summed E-state index contributed by atoms with van der Waals surface area (Å²) in [6.45, 7) is 2.05. The van der Waals surface area contributed by atoms with E-state index in [9.17, 15) is 4.79 Å². The summed E-state index contributed by atoms with van der Waals surface area (Å²) in [5.74, 6) is 0. The number of amides is 1. The topological polar surface area (TPSA) is 72.5 Å². The third-order valence-electron chi connectivity index (χ3n) is 2.58. The van der Waals surface area contributed by atoms with E-state index in [1.807, 2.05) is 24.3 Å². The molecule has 0 aromatic heterocycles. The minimum atomic E-state index is -0.763. The smallest absolute Gasteiger partial charge is 0.405 e. The predicted molar refractivity (Wildman–Crippen MR) is 65.3 cm³/mol. The quantitative estimate of drug-likeness (QED) is 0.798. The molecule has 1 rings (SSSR count). The third-order valence-corrected chi connectivity index (χ3v) is 2.58. The Morgan fingerprint density at radius 2 is 2.29 bits per heavy atom. The van der Waals surface area contributed by atoms with Gasteiger partial charge in [0.2, 0.25) is 0 Å². The van der Waals surface area contributed by atoms with Gasteiger partial charge in [0.25, 0.3) is 0 Å². The zero-order valence-electron chi connectivity index (χ0n) is 10.1. The number of unbranched alkanes of at least 4 members (excludes halogenated alkanes) is 1. The molecule has 1 aromatic carbocycles. The van der Waals surface area contributed by atoms with E-state index in [4.69, 9.17) is 15.6 Å².